The number of esters is 1. The van der Waals surface area contributed by atoms with Crippen molar-refractivity contribution in [1.29, 1.82) is 0 Å². The van der Waals surface area contributed by atoms with E-state index in [9.17, 15) is 17.8 Å². The Morgan fingerprint density at radius 3 is 2.45 bits per heavy atom. The van der Waals surface area contributed by atoms with Gasteiger partial charge >= 0.3 is 57.4 Å². The van der Waals surface area contributed by atoms with Crippen molar-refractivity contribution in [2.75, 3.05) is 6.61 Å². The molecule has 22 heavy (non-hydrogen) atoms. The zero-order chi connectivity index (χ0) is 15.6. The molecule has 1 N–H and O–H groups in total. The number of rotatable bonds is 4. The molecule has 0 saturated carbocycles. The fourth-order valence-electron chi connectivity index (χ4n) is 2.06. The SMILES string of the molecule is CC(=O)OCCc1cc(S(=O)(=O)O)c2ccccc2c1Br.[H-].[K+]. The molecule has 0 aliphatic rings. The van der Waals surface area contributed by atoms with Crippen molar-refractivity contribution in [2.24, 2.45) is 0 Å². The minimum Gasteiger partial charge on any atom is -1.00 e. The number of hydrogen-bond acceptors (Lipinski definition) is 4. The normalized spacial score (nSPS) is 11.0. The first-order chi connectivity index (χ1) is 9.80. The molecular formula is C14H14BrKO5S. The van der Waals surface area contributed by atoms with Crippen LogP contribution in [-0.2, 0) is 26.1 Å². The molecule has 0 aliphatic carbocycles. The van der Waals surface area contributed by atoms with Gasteiger partial charge in [-0.05, 0) is 32.9 Å². The van der Waals surface area contributed by atoms with Crippen LogP contribution < -0.4 is 51.4 Å². The summed E-state index contributed by atoms with van der Waals surface area (Å²) in [4.78, 5) is 10.6. The van der Waals surface area contributed by atoms with E-state index in [2.05, 4.69) is 15.9 Å². The van der Waals surface area contributed by atoms with Gasteiger partial charge in [-0.25, -0.2) is 0 Å². The second-order valence-corrected chi connectivity index (χ2v) is 6.64. The molecule has 0 aliphatic heterocycles. The van der Waals surface area contributed by atoms with E-state index in [0.717, 1.165) is 4.47 Å². The van der Waals surface area contributed by atoms with Crippen molar-refractivity contribution in [3.05, 3.63) is 40.4 Å². The zero-order valence-electron chi connectivity index (χ0n) is 13.2. The van der Waals surface area contributed by atoms with E-state index in [0.29, 0.717) is 22.8 Å². The Bertz CT molecular complexity index is 810. The summed E-state index contributed by atoms with van der Waals surface area (Å²) in [7, 11) is -4.34. The number of carbonyl (C=O) groups is 1. The fourth-order valence-corrected chi connectivity index (χ4v) is 3.47. The van der Waals surface area contributed by atoms with Gasteiger partial charge < -0.3 is 6.16 Å². The molecule has 2 aromatic carbocycles. The van der Waals surface area contributed by atoms with Gasteiger partial charge in [0.05, 0.1) is 6.61 Å². The van der Waals surface area contributed by atoms with Crippen LogP contribution in [0, 0.1) is 0 Å². The Labute approximate surface area is 181 Å². The molecule has 0 bridgehead atoms. The van der Waals surface area contributed by atoms with Crippen molar-refractivity contribution in [3.63, 3.8) is 0 Å². The first-order valence-electron chi connectivity index (χ1n) is 6.11. The molecule has 2 aromatic rings. The number of benzene rings is 2. The quantitative estimate of drug-likeness (QED) is 0.436. The van der Waals surface area contributed by atoms with E-state index in [-0.39, 0.29) is 64.3 Å². The predicted octanol–water partition coefficient (Wildman–Crippen LogP) is 0.0711. The van der Waals surface area contributed by atoms with Crippen LogP contribution in [0.25, 0.3) is 10.8 Å². The largest absolute Gasteiger partial charge is 1.00 e. The third kappa shape index (κ3) is 4.84. The van der Waals surface area contributed by atoms with Crippen molar-refractivity contribution < 1.29 is 75.3 Å². The summed E-state index contributed by atoms with van der Waals surface area (Å²) in [6.45, 7) is 1.44. The van der Waals surface area contributed by atoms with Gasteiger partial charge in [-0.3, -0.25) is 9.35 Å². The standard InChI is InChI=1S/C14H13BrO5S.K.H/c1-9(16)20-7-6-10-8-13(21(17,18)19)11-4-2-3-5-12(11)14(10)15;;/h2-5,8H,6-7H2,1H3,(H,17,18,19);;/q;+1;-1. The van der Waals surface area contributed by atoms with Crippen molar-refractivity contribution in [2.45, 2.75) is 18.2 Å². The predicted molar refractivity (Wildman–Crippen MR) is 82.9 cm³/mol. The van der Waals surface area contributed by atoms with E-state index >= 15 is 0 Å². The van der Waals surface area contributed by atoms with Crippen LogP contribution >= 0.6 is 15.9 Å². The maximum absolute atomic E-state index is 11.5. The van der Waals surface area contributed by atoms with Gasteiger partial charge in [-0.1, -0.05) is 24.3 Å². The Morgan fingerprint density at radius 2 is 1.91 bits per heavy atom. The molecule has 114 valence electrons. The minimum atomic E-state index is -4.34. The molecule has 0 radical (unpaired) electrons. The molecule has 0 amide bonds. The number of halogens is 1. The summed E-state index contributed by atoms with van der Waals surface area (Å²) < 4.78 is 38.1. The van der Waals surface area contributed by atoms with Crippen LogP contribution in [0.5, 0.6) is 0 Å². The Morgan fingerprint density at radius 1 is 1.32 bits per heavy atom. The summed E-state index contributed by atoms with van der Waals surface area (Å²) in [5.41, 5.74) is 0.641. The van der Waals surface area contributed by atoms with Crippen molar-refractivity contribution in [1.82, 2.24) is 0 Å². The summed E-state index contributed by atoms with van der Waals surface area (Å²) >= 11 is 3.43. The van der Waals surface area contributed by atoms with Crippen LogP contribution in [0.1, 0.15) is 13.9 Å². The molecule has 5 nitrogen and oxygen atoms in total. The van der Waals surface area contributed by atoms with Crippen LogP contribution in [0.15, 0.2) is 39.7 Å². The van der Waals surface area contributed by atoms with Crippen LogP contribution in [0.2, 0.25) is 0 Å². The minimum absolute atomic E-state index is 0. The van der Waals surface area contributed by atoms with Gasteiger partial charge in [0, 0.05) is 23.2 Å². The van der Waals surface area contributed by atoms with Crippen molar-refractivity contribution >= 4 is 42.8 Å². The molecule has 0 aromatic heterocycles. The van der Waals surface area contributed by atoms with E-state index in [1.165, 1.54) is 13.0 Å². The number of ether oxygens (including phenoxy) is 1. The maximum Gasteiger partial charge on any atom is 1.00 e. The molecule has 8 heteroatoms. The number of fused-ring (bicyclic) bond motifs is 1. The summed E-state index contributed by atoms with van der Waals surface area (Å²) in [5.74, 6) is -0.401. The first-order valence-corrected chi connectivity index (χ1v) is 8.35. The number of carbonyl (C=O) groups excluding carboxylic acids is 1. The molecule has 0 spiro atoms. The fraction of sp³-hybridized carbons (Fsp3) is 0.214. The molecule has 0 atom stereocenters. The third-order valence-electron chi connectivity index (χ3n) is 2.97. The third-order valence-corrected chi connectivity index (χ3v) is 4.80. The smallest absolute Gasteiger partial charge is 1.00 e. The second-order valence-electron chi connectivity index (χ2n) is 4.46. The molecule has 0 fully saturated rings. The topological polar surface area (TPSA) is 80.7 Å². The summed E-state index contributed by atoms with van der Waals surface area (Å²) in [5, 5.41) is 1.11. The van der Waals surface area contributed by atoms with E-state index < -0.39 is 16.1 Å². The van der Waals surface area contributed by atoms with E-state index in [4.69, 9.17) is 4.74 Å². The molecule has 0 heterocycles. The molecular weight excluding hydrogens is 399 g/mol. The molecule has 0 unspecified atom stereocenters. The Hall–Kier alpha value is 0.196. The maximum atomic E-state index is 11.5. The van der Waals surface area contributed by atoms with Gasteiger partial charge in [-0.15, -0.1) is 0 Å². The summed E-state index contributed by atoms with van der Waals surface area (Å²) in [6.07, 6.45) is 0.341. The average Bonchev–Trinajstić information content (AvgIpc) is 2.40. The van der Waals surface area contributed by atoms with E-state index in [1.807, 2.05) is 0 Å². The zero-order valence-corrected chi connectivity index (χ0v) is 17.7. The molecule has 0 saturated heterocycles. The molecule has 2 rings (SSSR count). The van der Waals surface area contributed by atoms with Crippen LogP contribution in [0.3, 0.4) is 0 Å². The van der Waals surface area contributed by atoms with Crippen molar-refractivity contribution in [3.8, 4) is 0 Å². The van der Waals surface area contributed by atoms with Gasteiger partial charge in [-0.2, -0.15) is 8.42 Å². The monoisotopic (exact) mass is 412 g/mol. The summed E-state index contributed by atoms with van der Waals surface area (Å²) in [6, 6.07) is 8.24. The van der Waals surface area contributed by atoms with Crippen LogP contribution in [-0.4, -0.2) is 25.5 Å². The average molecular weight is 413 g/mol. The number of hydrogen-bond donors (Lipinski definition) is 1. The van der Waals surface area contributed by atoms with E-state index in [1.54, 1.807) is 24.3 Å². The Balaban J connectivity index is 0.00000242. The van der Waals surface area contributed by atoms with Gasteiger partial charge in [0.15, 0.2) is 0 Å². The second kappa shape index (κ2) is 8.34. The first kappa shape index (κ1) is 20.2. The van der Waals surface area contributed by atoms with Gasteiger partial charge in [0.1, 0.15) is 4.90 Å². The Kier molecular flexibility index (Phi) is 7.67. The van der Waals surface area contributed by atoms with Gasteiger partial charge in [0.25, 0.3) is 10.1 Å². The van der Waals surface area contributed by atoms with Crippen LogP contribution in [0.4, 0.5) is 0 Å². The van der Waals surface area contributed by atoms with Gasteiger partial charge in [0.2, 0.25) is 0 Å².